The van der Waals surface area contributed by atoms with E-state index in [-0.39, 0.29) is 12.4 Å². The zero-order chi connectivity index (χ0) is 17.5. The summed E-state index contributed by atoms with van der Waals surface area (Å²) < 4.78 is 40.8. The SMILES string of the molecule is NC(=O)c1c(C(F)(F)F)nn2c1N(Cc1ccccc1Cl)CCC2. The lowest BCUT2D eigenvalue weighted by Gasteiger charge is -2.30. The predicted octanol–water partition coefficient (Wildman–Crippen LogP) is 3.06. The van der Waals surface area contributed by atoms with E-state index < -0.39 is 23.3 Å². The van der Waals surface area contributed by atoms with Crippen LogP contribution in [0.5, 0.6) is 0 Å². The number of primary amides is 1. The zero-order valence-corrected chi connectivity index (χ0v) is 13.2. The molecule has 2 aromatic rings. The molecule has 0 atom stereocenters. The van der Waals surface area contributed by atoms with Crippen LogP contribution in [0.3, 0.4) is 0 Å². The Morgan fingerprint density at radius 2 is 2.00 bits per heavy atom. The number of carbonyl (C=O) groups excluding carboxylic acids is 1. The highest BCUT2D eigenvalue weighted by molar-refractivity contribution is 6.31. The monoisotopic (exact) mass is 358 g/mol. The molecule has 2 heterocycles. The molecule has 0 spiro atoms. The Balaban J connectivity index is 2.08. The highest BCUT2D eigenvalue weighted by Crippen LogP contribution is 2.38. The van der Waals surface area contributed by atoms with Crippen molar-refractivity contribution in [2.24, 2.45) is 5.73 Å². The van der Waals surface area contributed by atoms with E-state index in [1.54, 1.807) is 29.2 Å². The fourth-order valence-corrected chi connectivity index (χ4v) is 3.05. The van der Waals surface area contributed by atoms with Crippen molar-refractivity contribution in [2.75, 3.05) is 11.4 Å². The standard InChI is InChI=1S/C15H14ClF3N4O/c16-10-5-2-1-4-9(10)8-22-6-3-7-23-14(22)11(13(20)24)12(21-23)15(17,18)19/h1-2,4-5H,3,6-8H2,(H2,20,24). The first-order valence-electron chi connectivity index (χ1n) is 7.25. The van der Waals surface area contributed by atoms with Gasteiger partial charge in [0.2, 0.25) is 0 Å². The zero-order valence-electron chi connectivity index (χ0n) is 12.5. The number of benzene rings is 1. The van der Waals surface area contributed by atoms with Gasteiger partial charge in [0.1, 0.15) is 11.4 Å². The molecule has 1 aliphatic rings. The summed E-state index contributed by atoms with van der Waals surface area (Å²) >= 11 is 6.13. The number of fused-ring (bicyclic) bond motifs is 1. The van der Waals surface area contributed by atoms with Crippen LogP contribution < -0.4 is 10.6 Å². The van der Waals surface area contributed by atoms with Crippen molar-refractivity contribution in [1.82, 2.24) is 9.78 Å². The van der Waals surface area contributed by atoms with Crippen molar-refractivity contribution in [3.63, 3.8) is 0 Å². The average molecular weight is 359 g/mol. The van der Waals surface area contributed by atoms with Gasteiger partial charge in [-0.3, -0.25) is 4.79 Å². The fourth-order valence-electron chi connectivity index (χ4n) is 2.86. The maximum Gasteiger partial charge on any atom is 0.436 e. The number of carbonyl (C=O) groups is 1. The minimum absolute atomic E-state index is 0.0981. The van der Waals surface area contributed by atoms with E-state index in [0.717, 1.165) is 5.56 Å². The molecule has 0 saturated heterocycles. The summed E-state index contributed by atoms with van der Waals surface area (Å²) in [4.78, 5) is 13.3. The lowest BCUT2D eigenvalue weighted by Crippen LogP contribution is -2.33. The van der Waals surface area contributed by atoms with Crippen LogP contribution in [0.1, 0.15) is 28.0 Å². The number of halogens is 4. The van der Waals surface area contributed by atoms with Crippen molar-refractivity contribution in [3.8, 4) is 0 Å². The third-order valence-electron chi connectivity index (χ3n) is 3.86. The van der Waals surface area contributed by atoms with Crippen LogP contribution >= 0.6 is 11.6 Å². The van der Waals surface area contributed by atoms with Crippen molar-refractivity contribution in [3.05, 3.63) is 46.1 Å². The van der Waals surface area contributed by atoms with Gasteiger partial charge >= 0.3 is 6.18 Å². The van der Waals surface area contributed by atoms with Gasteiger partial charge in [0, 0.05) is 24.7 Å². The summed E-state index contributed by atoms with van der Waals surface area (Å²) in [5, 5.41) is 4.08. The van der Waals surface area contributed by atoms with Crippen LogP contribution in [-0.2, 0) is 19.3 Å². The Kier molecular flexibility index (Phi) is 4.16. The maximum absolute atomic E-state index is 13.2. The largest absolute Gasteiger partial charge is 0.436 e. The molecule has 1 aliphatic heterocycles. The van der Waals surface area contributed by atoms with Crippen LogP contribution in [-0.4, -0.2) is 22.2 Å². The van der Waals surface area contributed by atoms with Gasteiger partial charge in [-0.2, -0.15) is 18.3 Å². The molecule has 1 amide bonds. The molecule has 0 fully saturated rings. The summed E-state index contributed by atoms with van der Waals surface area (Å²) in [7, 11) is 0. The molecule has 3 rings (SSSR count). The molecule has 0 saturated carbocycles. The normalized spacial score (nSPS) is 14.6. The van der Waals surface area contributed by atoms with Crippen molar-refractivity contribution in [1.29, 1.82) is 0 Å². The Morgan fingerprint density at radius 1 is 1.29 bits per heavy atom. The van der Waals surface area contributed by atoms with Gasteiger partial charge in [-0.25, -0.2) is 4.68 Å². The quantitative estimate of drug-likeness (QED) is 0.917. The first kappa shape index (κ1) is 16.6. The molecule has 9 heteroatoms. The number of amides is 1. The van der Waals surface area contributed by atoms with E-state index in [1.165, 1.54) is 4.68 Å². The van der Waals surface area contributed by atoms with Gasteiger partial charge in [-0.05, 0) is 18.1 Å². The van der Waals surface area contributed by atoms with Crippen LogP contribution in [0, 0.1) is 0 Å². The van der Waals surface area contributed by atoms with Crippen molar-refractivity contribution >= 4 is 23.3 Å². The van der Waals surface area contributed by atoms with E-state index in [2.05, 4.69) is 5.10 Å². The topological polar surface area (TPSA) is 64.2 Å². The van der Waals surface area contributed by atoms with Crippen molar-refractivity contribution in [2.45, 2.75) is 25.7 Å². The van der Waals surface area contributed by atoms with Crippen LogP contribution in [0.4, 0.5) is 19.0 Å². The number of alkyl halides is 3. The van der Waals surface area contributed by atoms with Gasteiger partial charge in [-0.1, -0.05) is 29.8 Å². The van der Waals surface area contributed by atoms with Gasteiger partial charge < -0.3 is 10.6 Å². The smallest absolute Gasteiger partial charge is 0.365 e. The molecule has 1 aromatic carbocycles. The fraction of sp³-hybridized carbons (Fsp3) is 0.333. The van der Waals surface area contributed by atoms with Crippen LogP contribution in [0.2, 0.25) is 5.02 Å². The molecule has 0 radical (unpaired) electrons. The lowest BCUT2D eigenvalue weighted by atomic mass is 10.1. The highest BCUT2D eigenvalue weighted by atomic mass is 35.5. The minimum atomic E-state index is -4.75. The van der Waals surface area contributed by atoms with E-state index in [9.17, 15) is 18.0 Å². The lowest BCUT2D eigenvalue weighted by molar-refractivity contribution is -0.141. The Morgan fingerprint density at radius 3 is 2.62 bits per heavy atom. The molecule has 5 nitrogen and oxygen atoms in total. The molecular weight excluding hydrogens is 345 g/mol. The van der Waals surface area contributed by atoms with E-state index in [4.69, 9.17) is 17.3 Å². The molecule has 24 heavy (non-hydrogen) atoms. The number of hydrogen-bond donors (Lipinski definition) is 1. The summed E-state index contributed by atoms with van der Waals surface area (Å²) in [6.45, 7) is 1.04. The summed E-state index contributed by atoms with van der Waals surface area (Å²) in [6.07, 6.45) is -4.14. The maximum atomic E-state index is 13.2. The number of hydrogen-bond acceptors (Lipinski definition) is 3. The second-order valence-corrected chi connectivity index (χ2v) is 5.91. The third-order valence-corrected chi connectivity index (χ3v) is 4.23. The number of anilines is 1. The molecule has 2 N–H and O–H groups in total. The van der Waals surface area contributed by atoms with Crippen LogP contribution in [0.25, 0.3) is 0 Å². The second kappa shape index (κ2) is 6.01. The minimum Gasteiger partial charge on any atom is -0.365 e. The average Bonchev–Trinajstić information content (AvgIpc) is 2.90. The van der Waals surface area contributed by atoms with Gasteiger partial charge in [-0.15, -0.1) is 0 Å². The van der Waals surface area contributed by atoms with Gasteiger partial charge in [0.05, 0.1) is 0 Å². The number of rotatable bonds is 3. The van der Waals surface area contributed by atoms with Crippen molar-refractivity contribution < 1.29 is 18.0 Å². The van der Waals surface area contributed by atoms with Gasteiger partial charge in [0.15, 0.2) is 5.69 Å². The van der Waals surface area contributed by atoms with E-state index in [0.29, 0.717) is 24.5 Å². The molecule has 0 aliphatic carbocycles. The predicted molar refractivity (Wildman–Crippen MR) is 82.9 cm³/mol. The van der Waals surface area contributed by atoms with E-state index in [1.807, 2.05) is 0 Å². The first-order chi connectivity index (χ1) is 11.3. The highest BCUT2D eigenvalue weighted by Gasteiger charge is 2.42. The molecule has 128 valence electrons. The number of aryl methyl sites for hydroxylation is 1. The number of nitrogens with two attached hydrogens (primary N) is 1. The first-order valence-corrected chi connectivity index (χ1v) is 7.63. The Labute approximate surface area is 140 Å². The van der Waals surface area contributed by atoms with Gasteiger partial charge in [0.25, 0.3) is 5.91 Å². The summed E-state index contributed by atoms with van der Waals surface area (Å²) in [5.41, 5.74) is 4.14. The second-order valence-electron chi connectivity index (χ2n) is 5.50. The molecular formula is C15H14ClF3N4O. The third kappa shape index (κ3) is 2.93. The van der Waals surface area contributed by atoms with E-state index >= 15 is 0 Å². The van der Waals surface area contributed by atoms with Crippen LogP contribution in [0.15, 0.2) is 24.3 Å². The molecule has 1 aromatic heterocycles. The summed E-state index contributed by atoms with van der Waals surface area (Å²) in [5.74, 6) is -1.05. The molecule has 0 bridgehead atoms. The Hall–Kier alpha value is -2.22. The number of nitrogens with zero attached hydrogens (tertiary/aromatic N) is 3. The summed E-state index contributed by atoms with van der Waals surface area (Å²) in [6, 6.07) is 7.04. The number of aromatic nitrogens is 2. The molecule has 0 unspecified atom stereocenters. The Bertz CT molecular complexity index is 788.